The highest BCUT2D eigenvalue weighted by molar-refractivity contribution is 5.95. The Morgan fingerprint density at radius 1 is 0.964 bits per heavy atom. The fraction of sp³-hybridized carbons (Fsp3) is 0.0476. The molecule has 1 unspecified atom stereocenters. The standard InChI is InChI=1S/C21H17N5O2/c27-21(25-17-11-12-19(23-13-17)26-15-22-14-24-26)20(16-7-3-1-4-8-16)28-18-9-5-2-6-10-18/h1-15,20H,(H,25,27). The van der Waals surface area contributed by atoms with Gasteiger partial charge in [0.1, 0.15) is 18.4 Å². The summed E-state index contributed by atoms with van der Waals surface area (Å²) in [4.78, 5) is 21.1. The van der Waals surface area contributed by atoms with Gasteiger partial charge in [-0.05, 0) is 24.3 Å². The maximum atomic E-state index is 12.9. The molecule has 28 heavy (non-hydrogen) atoms. The molecule has 2 heterocycles. The van der Waals surface area contributed by atoms with Crippen LogP contribution < -0.4 is 10.1 Å². The predicted molar refractivity (Wildman–Crippen MR) is 104 cm³/mol. The Kier molecular flexibility index (Phi) is 5.06. The minimum atomic E-state index is -0.793. The molecule has 4 rings (SSSR count). The van der Waals surface area contributed by atoms with Gasteiger partial charge in [-0.3, -0.25) is 4.79 Å². The summed E-state index contributed by atoms with van der Waals surface area (Å²) in [6.07, 6.45) is 3.76. The second kappa shape index (κ2) is 8.13. The molecule has 1 atom stereocenters. The van der Waals surface area contributed by atoms with Crippen molar-refractivity contribution in [1.29, 1.82) is 0 Å². The molecule has 0 aliphatic carbocycles. The summed E-state index contributed by atoms with van der Waals surface area (Å²) < 4.78 is 7.50. The van der Waals surface area contributed by atoms with E-state index in [0.29, 0.717) is 17.3 Å². The topological polar surface area (TPSA) is 81.9 Å². The van der Waals surface area contributed by atoms with Crippen LogP contribution in [-0.2, 0) is 4.79 Å². The molecule has 0 aliphatic rings. The second-order valence-corrected chi connectivity index (χ2v) is 5.96. The Hall–Kier alpha value is -4.00. The van der Waals surface area contributed by atoms with Crippen molar-refractivity contribution in [2.24, 2.45) is 0 Å². The van der Waals surface area contributed by atoms with Crippen molar-refractivity contribution < 1.29 is 9.53 Å². The second-order valence-electron chi connectivity index (χ2n) is 5.96. The highest BCUT2D eigenvalue weighted by Gasteiger charge is 2.23. The predicted octanol–water partition coefficient (Wildman–Crippen LogP) is 3.42. The number of nitrogens with one attached hydrogen (secondary N) is 1. The normalized spacial score (nSPS) is 11.6. The van der Waals surface area contributed by atoms with Crippen molar-refractivity contribution in [2.45, 2.75) is 6.10 Å². The number of pyridine rings is 1. The van der Waals surface area contributed by atoms with Crippen LogP contribution in [0.1, 0.15) is 11.7 Å². The largest absolute Gasteiger partial charge is 0.476 e. The van der Waals surface area contributed by atoms with E-state index >= 15 is 0 Å². The number of rotatable bonds is 6. The fourth-order valence-electron chi connectivity index (χ4n) is 2.67. The Labute approximate surface area is 161 Å². The average molecular weight is 371 g/mol. The maximum absolute atomic E-state index is 12.9. The molecule has 0 aliphatic heterocycles. The van der Waals surface area contributed by atoms with Crippen LogP contribution in [0.2, 0.25) is 0 Å². The molecule has 0 fully saturated rings. The molecule has 0 spiro atoms. The number of hydrogen-bond donors (Lipinski definition) is 1. The van der Waals surface area contributed by atoms with Crippen LogP contribution in [0.5, 0.6) is 5.75 Å². The summed E-state index contributed by atoms with van der Waals surface area (Å²) in [5.41, 5.74) is 1.32. The summed E-state index contributed by atoms with van der Waals surface area (Å²) >= 11 is 0. The van der Waals surface area contributed by atoms with E-state index in [1.54, 1.807) is 24.7 Å². The number of amides is 1. The molecule has 0 radical (unpaired) electrons. The van der Waals surface area contributed by atoms with Crippen LogP contribution in [0.3, 0.4) is 0 Å². The van der Waals surface area contributed by atoms with Crippen molar-refractivity contribution in [1.82, 2.24) is 19.7 Å². The molecule has 0 saturated carbocycles. The van der Waals surface area contributed by atoms with Gasteiger partial charge in [0.05, 0.1) is 11.9 Å². The van der Waals surface area contributed by atoms with Gasteiger partial charge in [0.2, 0.25) is 6.10 Å². The van der Waals surface area contributed by atoms with Crippen LogP contribution >= 0.6 is 0 Å². The first-order chi connectivity index (χ1) is 13.8. The van der Waals surface area contributed by atoms with Crippen LogP contribution in [0, 0.1) is 0 Å². The number of carbonyl (C=O) groups is 1. The van der Waals surface area contributed by atoms with E-state index in [1.165, 1.54) is 11.0 Å². The summed E-state index contributed by atoms with van der Waals surface area (Å²) in [7, 11) is 0. The lowest BCUT2D eigenvalue weighted by Gasteiger charge is -2.19. The van der Waals surface area contributed by atoms with Crippen molar-refractivity contribution in [2.75, 3.05) is 5.32 Å². The molecular formula is C21H17N5O2. The summed E-state index contributed by atoms with van der Waals surface area (Å²) in [6.45, 7) is 0. The van der Waals surface area contributed by atoms with E-state index in [4.69, 9.17) is 4.74 Å². The van der Waals surface area contributed by atoms with Gasteiger partial charge in [0, 0.05) is 5.56 Å². The van der Waals surface area contributed by atoms with E-state index in [-0.39, 0.29) is 5.91 Å². The third-order valence-electron chi connectivity index (χ3n) is 4.01. The first kappa shape index (κ1) is 17.4. The van der Waals surface area contributed by atoms with Gasteiger partial charge in [0.15, 0.2) is 5.82 Å². The highest BCUT2D eigenvalue weighted by atomic mass is 16.5. The lowest BCUT2D eigenvalue weighted by molar-refractivity contribution is -0.123. The minimum Gasteiger partial charge on any atom is -0.476 e. The molecular weight excluding hydrogens is 354 g/mol. The molecule has 4 aromatic rings. The van der Waals surface area contributed by atoms with E-state index in [9.17, 15) is 4.79 Å². The number of benzene rings is 2. The van der Waals surface area contributed by atoms with Crippen molar-refractivity contribution in [3.63, 3.8) is 0 Å². The lowest BCUT2D eigenvalue weighted by atomic mass is 10.1. The molecule has 0 bridgehead atoms. The van der Waals surface area contributed by atoms with Gasteiger partial charge < -0.3 is 10.1 Å². The van der Waals surface area contributed by atoms with Gasteiger partial charge in [-0.25, -0.2) is 14.6 Å². The molecule has 138 valence electrons. The Balaban J connectivity index is 1.53. The average Bonchev–Trinajstić information content (AvgIpc) is 3.29. The Morgan fingerprint density at radius 2 is 1.71 bits per heavy atom. The number of nitrogens with zero attached hydrogens (tertiary/aromatic N) is 4. The number of carbonyl (C=O) groups excluding carboxylic acids is 1. The minimum absolute atomic E-state index is 0.287. The lowest BCUT2D eigenvalue weighted by Crippen LogP contribution is -2.25. The first-order valence-electron chi connectivity index (χ1n) is 8.68. The Bertz CT molecular complexity index is 1020. The third kappa shape index (κ3) is 4.04. The SMILES string of the molecule is O=C(Nc1ccc(-n2cncn2)nc1)C(Oc1ccccc1)c1ccccc1. The Morgan fingerprint density at radius 3 is 2.36 bits per heavy atom. The van der Waals surface area contributed by atoms with Gasteiger partial charge in [0.25, 0.3) is 5.91 Å². The van der Waals surface area contributed by atoms with Gasteiger partial charge in [-0.15, -0.1) is 0 Å². The van der Waals surface area contributed by atoms with Crippen LogP contribution in [0.25, 0.3) is 5.82 Å². The summed E-state index contributed by atoms with van der Waals surface area (Å²) in [5.74, 6) is 0.937. The van der Waals surface area contributed by atoms with E-state index in [2.05, 4.69) is 20.4 Å². The highest BCUT2D eigenvalue weighted by Crippen LogP contribution is 2.23. The van der Waals surface area contributed by atoms with Crippen molar-refractivity contribution >= 4 is 11.6 Å². The number of anilines is 1. The quantitative estimate of drug-likeness (QED) is 0.562. The smallest absolute Gasteiger partial charge is 0.270 e. The summed E-state index contributed by atoms with van der Waals surface area (Å²) in [6, 6.07) is 22.1. The zero-order valence-electron chi connectivity index (χ0n) is 14.8. The number of hydrogen-bond acceptors (Lipinski definition) is 5. The molecule has 2 aromatic carbocycles. The monoisotopic (exact) mass is 371 g/mol. The zero-order valence-corrected chi connectivity index (χ0v) is 14.8. The van der Waals surface area contributed by atoms with E-state index < -0.39 is 6.10 Å². The molecule has 2 aromatic heterocycles. The third-order valence-corrected chi connectivity index (χ3v) is 4.01. The van der Waals surface area contributed by atoms with E-state index in [1.807, 2.05) is 60.7 Å². The molecule has 7 heteroatoms. The molecule has 1 N–H and O–H groups in total. The number of para-hydroxylation sites is 1. The van der Waals surface area contributed by atoms with Gasteiger partial charge in [-0.1, -0.05) is 48.5 Å². The fourth-order valence-corrected chi connectivity index (χ4v) is 2.67. The van der Waals surface area contributed by atoms with Gasteiger partial charge >= 0.3 is 0 Å². The van der Waals surface area contributed by atoms with Crippen LogP contribution in [0.4, 0.5) is 5.69 Å². The molecule has 0 saturated heterocycles. The molecule has 1 amide bonds. The number of ether oxygens (including phenoxy) is 1. The number of aromatic nitrogens is 4. The van der Waals surface area contributed by atoms with Crippen LogP contribution in [0.15, 0.2) is 91.6 Å². The molecule has 7 nitrogen and oxygen atoms in total. The van der Waals surface area contributed by atoms with Crippen molar-refractivity contribution in [3.05, 3.63) is 97.2 Å². The van der Waals surface area contributed by atoms with E-state index in [0.717, 1.165) is 5.56 Å². The summed E-state index contributed by atoms with van der Waals surface area (Å²) in [5, 5.41) is 6.89. The maximum Gasteiger partial charge on any atom is 0.270 e. The zero-order chi connectivity index (χ0) is 19.2. The first-order valence-corrected chi connectivity index (χ1v) is 8.68. The van der Waals surface area contributed by atoms with Crippen molar-refractivity contribution in [3.8, 4) is 11.6 Å². The van der Waals surface area contributed by atoms with Gasteiger partial charge in [-0.2, -0.15) is 5.10 Å². The van der Waals surface area contributed by atoms with Crippen LogP contribution in [-0.4, -0.2) is 25.7 Å².